The summed E-state index contributed by atoms with van der Waals surface area (Å²) in [4.78, 5) is 0. The summed E-state index contributed by atoms with van der Waals surface area (Å²) in [5.74, 6) is 0. The molecule has 0 aliphatic rings. The summed E-state index contributed by atoms with van der Waals surface area (Å²) >= 11 is 1.90. The van der Waals surface area contributed by atoms with Gasteiger partial charge >= 0.3 is 0 Å². The van der Waals surface area contributed by atoms with E-state index in [-0.39, 0.29) is 5.41 Å². The van der Waals surface area contributed by atoms with Crippen molar-refractivity contribution in [2.45, 2.75) is 26.2 Å². The monoisotopic (exact) mass is 466 g/mol. The number of hydrogen-bond donors (Lipinski definition) is 0. The fourth-order valence-corrected chi connectivity index (χ4v) is 6.80. The second-order valence-electron chi connectivity index (χ2n) is 10.6. The van der Waals surface area contributed by atoms with Crippen LogP contribution in [0.25, 0.3) is 63.6 Å². The Bertz CT molecular complexity index is 1910. The predicted molar refractivity (Wildman–Crippen MR) is 156 cm³/mol. The van der Waals surface area contributed by atoms with Crippen molar-refractivity contribution in [1.82, 2.24) is 0 Å². The van der Waals surface area contributed by atoms with Crippen molar-refractivity contribution in [2.75, 3.05) is 0 Å². The molecule has 0 nitrogen and oxygen atoms in total. The highest BCUT2D eigenvalue weighted by molar-refractivity contribution is 7.26. The largest absolute Gasteiger partial charge is 0.135 e. The van der Waals surface area contributed by atoms with E-state index in [1.165, 1.54) is 69.2 Å². The zero-order valence-corrected chi connectivity index (χ0v) is 21.0. The van der Waals surface area contributed by atoms with Crippen molar-refractivity contribution in [3.05, 3.63) is 109 Å². The van der Waals surface area contributed by atoms with E-state index in [1.807, 2.05) is 11.3 Å². The Kier molecular flexibility index (Phi) is 4.38. The molecule has 0 aliphatic carbocycles. The summed E-state index contributed by atoms with van der Waals surface area (Å²) in [6.07, 6.45) is 0. The number of hydrogen-bond acceptors (Lipinski definition) is 1. The van der Waals surface area contributed by atoms with Crippen molar-refractivity contribution >= 4 is 63.8 Å². The molecule has 0 amide bonds. The van der Waals surface area contributed by atoms with Gasteiger partial charge in [0.2, 0.25) is 0 Å². The SMILES string of the molecule is CC(C)(C)c1ccc2c3ccc(-c4cccc5c4sc4ccccc45)cc3c3ccccc3c2c1. The molecule has 0 aliphatic heterocycles. The minimum Gasteiger partial charge on any atom is -0.135 e. The third-order valence-corrected chi connectivity index (χ3v) is 8.64. The maximum absolute atomic E-state index is 2.41. The third kappa shape index (κ3) is 3.12. The van der Waals surface area contributed by atoms with E-state index < -0.39 is 0 Å². The predicted octanol–water partition coefficient (Wildman–Crippen LogP) is 10.5. The number of benzene rings is 6. The average molecular weight is 467 g/mol. The molecule has 7 rings (SSSR count). The molecular weight excluding hydrogens is 440 g/mol. The Balaban J connectivity index is 1.55. The van der Waals surface area contributed by atoms with Crippen LogP contribution in [0.1, 0.15) is 26.3 Å². The first-order valence-electron chi connectivity index (χ1n) is 12.3. The van der Waals surface area contributed by atoms with E-state index in [0.29, 0.717) is 0 Å². The molecule has 0 spiro atoms. The Hall–Kier alpha value is -3.68. The second-order valence-corrected chi connectivity index (χ2v) is 11.6. The van der Waals surface area contributed by atoms with Crippen molar-refractivity contribution in [3.63, 3.8) is 0 Å². The van der Waals surface area contributed by atoms with Crippen LogP contribution in [-0.4, -0.2) is 0 Å². The molecule has 1 heteroatoms. The van der Waals surface area contributed by atoms with Gasteiger partial charge in [-0.15, -0.1) is 11.3 Å². The molecule has 0 saturated heterocycles. The summed E-state index contributed by atoms with van der Waals surface area (Å²) in [5, 5.41) is 10.7. The van der Waals surface area contributed by atoms with Crippen LogP contribution in [-0.2, 0) is 5.41 Å². The van der Waals surface area contributed by atoms with Gasteiger partial charge in [-0.05, 0) is 72.6 Å². The Morgan fingerprint density at radius 1 is 0.486 bits per heavy atom. The number of thiophene rings is 1. The molecule has 0 bridgehead atoms. The van der Waals surface area contributed by atoms with Crippen LogP contribution in [0.15, 0.2) is 103 Å². The highest BCUT2D eigenvalue weighted by atomic mass is 32.1. The van der Waals surface area contributed by atoms with Crippen molar-refractivity contribution in [1.29, 1.82) is 0 Å². The lowest BCUT2D eigenvalue weighted by Crippen LogP contribution is -2.10. The maximum atomic E-state index is 2.41. The number of rotatable bonds is 1. The van der Waals surface area contributed by atoms with Crippen molar-refractivity contribution < 1.29 is 0 Å². The molecule has 1 aromatic heterocycles. The van der Waals surface area contributed by atoms with Gasteiger partial charge in [-0.3, -0.25) is 0 Å². The molecule has 7 aromatic rings. The Morgan fingerprint density at radius 2 is 1.09 bits per heavy atom. The molecule has 0 atom stereocenters. The van der Waals surface area contributed by atoms with Crippen molar-refractivity contribution in [3.8, 4) is 11.1 Å². The van der Waals surface area contributed by atoms with Crippen LogP contribution < -0.4 is 0 Å². The van der Waals surface area contributed by atoms with Crippen molar-refractivity contribution in [2.24, 2.45) is 0 Å². The zero-order chi connectivity index (χ0) is 23.7. The molecule has 0 N–H and O–H groups in total. The molecule has 0 saturated carbocycles. The van der Waals surface area contributed by atoms with Crippen LogP contribution in [0.5, 0.6) is 0 Å². The van der Waals surface area contributed by atoms with Gasteiger partial charge in [0.05, 0.1) is 0 Å². The third-order valence-electron chi connectivity index (χ3n) is 7.42. The molecule has 0 radical (unpaired) electrons. The first-order chi connectivity index (χ1) is 17.0. The Morgan fingerprint density at radius 3 is 1.83 bits per heavy atom. The molecule has 0 unspecified atom stereocenters. The first kappa shape index (κ1) is 20.7. The summed E-state index contributed by atoms with van der Waals surface area (Å²) in [6.45, 7) is 6.87. The van der Waals surface area contributed by atoms with E-state index >= 15 is 0 Å². The van der Waals surface area contributed by atoms with E-state index in [2.05, 4.69) is 124 Å². The highest BCUT2D eigenvalue weighted by Crippen LogP contribution is 2.42. The van der Waals surface area contributed by atoms with Gasteiger partial charge in [-0.1, -0.05) is 106 Å². The summed E-state index contributed by atoms with van der Waals surface area (Å²) in [6, 6.07) is 38.5. The number of fused-ring (bicyclic) bond motifs is 9. The van der Waals surface area contributed by atoms with Gasteiger partial charge < -0.3 is 0 Å². The smallest absolute Gasteiger partial charge is 0.0433 e. The van der Waals surface area contributed by atoms with E-state index in [1.54, 1.807) is 0 Å². The van der Waals surface area contributed by atoms with Gasteiger partial charge in [0, 0.05) is 20.2 Å². The van der Waals surface area contributed by atoms with Gasteiger partial charge in [0.1, 0.15) is 0 Å². The fourth-order valence-electron chi connectivity index (χ4n) is 5.57. The minimum absolute atomic E-state index is 0.122. The van der Waals surface area contributed by atoms with Crippen LogP contribution in [0.3, 0.4) is 0 Å². The lowest BCUT2D eigenvalue weighted by molar-refractivity contribution is 0.591. The van der Waals surface area contributed by atoms with Gasteiger partial charge in [0.25, 0.3) is 0 Å². The standard InChI is InChI=1S/C34H26S/c1-34(2,3)22-16-18-27-26-17-15-21(19-30(26)24-9-4-5-10-25(24)31(27)20-22)23-12-8-13-29-28-11-6-7-14-32(28)35-33(23)29/h4-20H,1-3H3. The maximum Gasteiger partial charge on any atom is 0.0433 e. The molecular formula is C34H26S. The highest BCUT2D eigenvalue weighted by Gasteiger charge is 2.17. The first-order valence-corrected chi connectivity index (χ1v) is 13.1. The average Bonchev–Trinajstić information content (AvgIpc) is 3.27. The van der Waals surface area contributed by atoms with Gasteiger partial charge in [-0.25, -0.2) is 0 Å². The van der Waals surface area contributed by atoms with Crippen LogP contribution in [0.4, 0.5) is 0 Å². The molecule has 6 aromatic carbocycles. The molecule has 1 heterocycles. The Labute approximate surface area is 209 Å². The summed E-state index contributed by atoms with van der Waals surface area (Å²) in [7, 11) is 0. The zero-order valence-electron chi connectivity index (χ0n) is 20.2. The van der Waals surface area contributed by atoms with E-state index in [9.17, 15) is 0 Å². The lowest BCUT2D eigenvalue weighted by Gasteiger charge is -2.21. The summed E-state index contributed by atoms with van der Waals surface area (Å²) in [5.41, 5.74) is 4.10. The van der Waals surface area contributed by atoms with Gasteiger partial charge in [0.15, 0.2) is 0 Å². The quantitative estimate of drug-likeness (QED) is 0.211. The summed E-state index contributed by atoms with van der Waals surface area (Å²) < 4.78 is 2.72. The van der Waals surface area contributed by atoms with Crippen LogP contribution in [0, 0.1) is 0 Å². The molecule has 0 fully saturated rings. The van der Waals surface area contributed by atoms with Crippen LogP contribution >= 0.6 is 11.3 Å². The van der Waals surface area contributed by atoms with Crippen LogP contribution in [0.2, 0.25) is 0 Å². The second kappa shape index (κ2) is 7.41. The lowest BCUT2D eigenvalue weighted by atomic mass is 9.84. The molecule has 35 heavy (non-hydrogen) atoms. The molecule has 168 valence electrons. The van der Waals surface area contributed by atoms with E-state index in [4.69, 9.17) is 0 Å². The minimum atomic E-state index is 0.122. The van der Waals surface area contributed by atoms with Gasteiger partial charge in [-0.2, -0.15) is 0 Å². The van der Waals surface area contributed by atoms with E-state index in [0.717, 1.165) is 0 Å². The fraction of sp³-hybridized carbons (Fsp3) is 0.118. The topological polar surface area (TPSA) is 0 Å². The normalized spacial score (nSPS) is 12.4.